The van der Waals surface area contributed by atoms with Gasteiger partial charge in [0.25, 0.3) is 0 Å². The maximum atomic E-state index is 14.6. The summed E-state index contributed by atoms with van der Waals surface area (Å²) in [4.78, 5) is 21.6. The van der Waals surface area contributed by atoms with Crippen LogP contribution in [0.25, 0.3) is 0 Å². The fourth-order valence-electron chi connectivity index (χ4n) is 4.17. The molecule has 2 aromatic heterocycles. The maximum Gasteiger partial charge on any atom is 0.433 e. The normalized spacial score (nSPS) is 17.4. The molecule has 0 spiro atoms. The average Bonchev–Trinajstić information content (AvgIpc) is 2.84. The number of pyridine rings is 1. The molecule has 3 aromatic rings. The first-order valence-corrected chi connectivity index (χ1v) is 11.0. The quantitative estimate of drug-likeness (QED) is 0.482. The van der Waals surface area contributed by atoms with Crippen LogP contribution in [0.2, 0.25) is 0 Å². The first kappa shape index (κ1) is 24.0. The standard InChI is InChI=1S/C23H19F5N4O4/c24-16-7-13(8-17(25)21(16)36-15-1-3-29-18(9-15)23(26,27)28)11-35-19-10-20-31-5-6-34-12-14(31)2-4-32(20)22(33)30-19/h1,3,7-10,14H,2,4-6,11-12H2. The molecule has 1 saturated heterocycles. The van der Waals surface area contributed by atoms with Crippen molar-refractivity contribution in [3.05, 3.63) is 69.9 Å². The van der Waals surface area contributed by atoms with Gasteiger partial charge in [-0.25, -0.2) is 13.6 Å². The summed E-state index contributed by atoms with van der Waals surface area (Å²) in [6, 6.07) is 5.17. The molecule has 2 aliphatic rings. The summed E-state index contributed by atoms with van der Waals surface area (Å²) in [5.41, 5.74) is -1.70. The number of hydrogen-bond donors (Lipinski definition) is 0. The molecule has 36 heavy (non-hydrogen) atoms. The third-order valence-corrected chi connectivity index (χ3v) is 5.86. The summed E-state index contributed by atoms with van der Waals surface area (Å²) < 4.78 is 85.3. The highest BCUT2D eigenvalue weighted by atomic mass is 19.4. The molecule has 1 fully saturated rings. The second-order valence-corrected chi connectivity index (χ2v) is 8.25. The number of morpholine rings is 1. The maximum absolute atomic E-state index is 14.6. The Balaban J connectivity index is 1.32. The minimum atomic E-state index is -4.74. The summed E-state index contributed by atoms with van der Waals surface area (Å²) >= 11 is 0. The Kier molecular flexibility index (Phi) is 6.24. The molecule has 4 heterocycles. The van der Waals surface area contributed by atoms with Gasteiger partial charge >= 0.3 is 11.9 Å². The molecule has 0 aliphatic carbocycles. The predicted octanol–water partition coefficient (Wildman–Crippen LogP) is 3.92. The molecule has 5 rings (SSSR count). The lowest BCUT2D eigenvalue weighted by atomic mass is 10.1. The molecule has 0 saturated carbocycles. The van der Waals surface area contributed by atoms with E-state index in [0.29, 0.717) is 38.2 Å². The topological polar surface area (TPSA) is 78.7 Å². The van der Waals surface area contributed by atoms with Gasteiger partial charge in [-0.15, -0.1) is 0 Å². The number of hydrogen-bond acceptors (Lipinski definition) is 7. The van der Waals surface area contributed by atoms with Crippen LogP contribution in [0.3, 0.4) is 0 Å². The Morgan fingerprint density at radius 2 is 1.89 bits per heavy atom. The van der Waals surface area contributed by atoms with Crippen LogP contribution < -0.4 is 20.1 Å². The Morgan fingerprint density at radius 1 is 1.11 bits per heavy atom. The lowest BCUT2D eigenvalue weighted by Gasteiger charge is -2.41. The van der Waals surface area contributed by atoms with Gasteiger partial charge in [-0.1, -0.05) is 0 Å². The van der Waals surface area contributed by atoms with E-state index in [1.54, 1.807) is 10.6 Å². The third kappa shape index (κ3) is 4.83. The van der Waals surface area contributed by atoms with Crippen LogP contribution in [0, 0.1) is 11.6 Å². The zero-order valence-electron chi connectivity index (χ0n) is 18.6. The Hall–Kier alpha value is -3.74. The fraction of sp³-hybridized carbons (Fsp3) is 0.348. The molecule has 8 nitrogen and oxygen atoms in total. The molecule has 0 amide bonds. The largest absolute Gasteiger partial charge is 0.473 e. The van der Waals surface area contributed by atoms with Crippen molar-refractivity contribution in [1.29, 1.82) is 0 Å². The zero-order chi connectivity index (χ0) is 25.4. The first-order chi connectivity index (χ1) is 17.2. The molecule has 0 bridgehead atoms. The van der Waals surface area contributed by atoms with Crippen molar-refractivity contribution in [2.45, 2.75) is 31.8 Å². The lowest BCUT2D eigenvalue weighted by molar-refractivity contribution is -0.141. The number of ether oxygens (including phenoxy) is 3. The predicted molar refractivity (Wildman–Crippen MR) is 115 cm³/mol. The highest BCUT2D eigenvalue weighted by Gasteiger charge is 2.33. The molecular weight excluding hydrogens is 491 g/mol. The van der Waals surface area contributed by atoms with Crippen LogP contribution in [0.1, 0.15) is 17.7 Å². The van der Waals surface area contributed by atoms with E-state index in [4.69, 9.17) is 14.2 Å². The Morgan fingerprint density at radius 3 is 2.64 bits per heavy atom. The fourth-order valence-corrected chi connectivity index (χ4v) is 4.17. The van der Waals surface area contributed by atoms with E-state index in [-0.39, 0.29) is 24.1 Å². The first-order valence-electron chi connectivity index (χ1n) is 11.0. The minimum absolute atomic E-state index is 0.00370. The second kappa shape index (κ2) is 9.37. The van der Waals surface area contributed by atoms with Crippen LogP contribution in [0.5, 0.6) is 17.4 Å². The van der Waals surface area contributed by atoms with Gasteiger partial charge in [-0.2, -0.15) is 18.2 Å². The molecule has 0 N–H and O–H groups in total. The van der Waals surface area contributed by atoms with Crippen LogP contribution in [-0.4, -0.2) is 40.3 Å². The van der Waals surface area contributed by atoms with Crippen molar-refractivity contribution in [2.24, 2.45) is 0 Å². The smallest absolute Gasteiger partial charge is 0.433 e. The molecule has 13 heteroatoms. The average molecular weight is 510 g/mol. The van der Waals surface area contributed by atoms with Crippen molar-refractivity contribution < 1.29 is 36.2 Å². The van der Waals surface area contributed by atoms with Crippen molar-refractivity contribution in [1.82, 2.24) is 14.5 Å². The van der Waals surface area contributed by atoms with Crippen LogP contribution in [0.4, 0.5) is 27.8 Å². The number of aromatic nitrogens is 3. The van der Waals surface area contributed by atoms with Gasteiger partial charge in [0.2, 0.25) is 5.88 Å². The molecule has 0 radical (unpaired) electrons. The van der Waals surface area contributed by atoms with Gasteiger partial charge in [0.05, 0.1) is 19.3 Å². The minimum Gasteiger partial charge on any atom is -0.473 e. The van der Waals surface area contributed by atoms with Gasteiger partial charge in [-0.05, 0) is 30.2 Å². The molecule has 1 atom stereocenters. The number of nitrogens with zero attached hydrogens (tertiary/aromatic N) is 4. The van der Waals surface area contributed by atoms with E-state index in [1.807, 2.05) is 0 Å². The van der Waals surface area contributed by atoms with Gasteiger partial charge in [0.15, 0.2) is 17.4 Å². The van der Waals surface area contributed by atoms with E-state index in [1.165, 1.54) is 0 Å². The van der Waals surface area contributed by atoms with Gasteiger partial charge in [0, 0.05) is 31.4 Å². The van der Waals surface area contributed by atoms with E-state index in [2.05, 4.69) is 14.9 Å². The lowest BCUT2D eigenvalue weighted by Crippen LogP contribution is -2.51. The Bertz CT molecular complexity index is 1320. The third-order valence-electron chi connectivity index (χ3n) is 5.86. The summed E-state index contributed by atoms with van der Waals surface area (Å²) in [5.74, 6) is -2.96. The molecule has 1 aromatic carbocycles. The van der Waals surface area contributed by atoms with Gasteiger partial charge in [0.1, 0.15) is 23.9 Å². The number of fused-ring (bicyclic) bond motifs is 3. The Labute approximate surface area is 200 Å². The number of benzene rings is 1. The summed E-state index contributed by atoms with van der Waals surface area (Å²) in [6.45, 7) is 1.85. The second-order valence-electron chi connectivity index (χ2n) is 8.25. The van der Waals surface area contributed by atoms with Crippen molar-refractivity contribution in [2.75, 3.05) is 24.7 Å². The zero-order valence-corrected chi connectivity index (χ0v) is 18.6. The number of alkyl halides is 3. The summed E-state index contributed by atoms with van der Waals surface area (Å²) in [7, 11) is 0. The molecule has 190 valence electrons. The van der Waals surface area contributed by atoms with Gasteiger partial charge < -0.3 is 19.1 Å². The van der Waals surface area contributed by atoms with E-state index >= 15 is 0 Å². The van der Waals surface area contributed by atoms with Crippen molar-refractivity contribution in [3.63, 3.8) is 0 Å². The van der Waals surface area contributed by atoms with Crippen molar-refractivity contribution >= 4 is 5.82 Å². The van der Waals surface area contributed by atoms with Crippen LogP contribution in [-0.2, 0) is 24.1 Å². The molecule has 2 aliphatic heterocycles. The molecular formula is C23H19F5N4O4. The van der Waals surface area contributed by atoms with Crippen molar-refractivity contribution in [3.8, 4) is 17.4 Å². The highest BCUT2D eigenvalue weighted by Crippen LogP contribution is 2.33. The van der Waals surface area contributed by atoms with E-state index < -0.39 is 40.7 Å². The van der Waals surface area contributed by atoms with E-state index in [9.17, 15) is 26.7 Å². The van der Waals surface area contributed by atoms with Crippen LogP contribution >= 0.6 is 0 Å². The summed E-state index contributed by atoms with van der Waals surface area (Å²) in [5, 5.41) is 0. The van der Waals surface area contributed by atoms with Crippen LogP contribution in [0.15, 0.2) is 41.3 Å². The SMILES string of the molecule is O=c1nc(OCc2cc(F)c(Oc3ccnc(C(F)(F)F)c3)c(F)c2)cc2n1CCC1COCCN21. The van der Waals surface area contributed by atoms with E-state index in [0.717, 1.165) is 30.8 Å². The monoisotopic (exact) mass is 510 g/mol. The number of rotatable bonds is 5. The highest BCUT2D eigenvalue weighted by molar-refractivity contribution is 5.45. The van der Waals surface area contributed by atoms with Gasteiger partial charge in [-0.3, -0.25) is 9.55 Å². The summed E-state index contributed by atoms with van der Waals surface area (Å²) in [6.07, 6.45) is -3.17. The molecule has 1 unspecified atom stereocenters. The number of halogens is 5. The number of anilines is 1.